The molecule has 100 valence electrons. The molecular weight excluding hydrogens is 281 g/mol. The Balaban J connectivity index is 2.20. The quantitative estimate of drug-likeness (QED) is 0.839. The number of rotatable bonds is 4. The first-order valence-electron chi connectivity index (χ1n) is 5.95. The summed E-state index contributed by atoms with van der Waals surface area (Å²) in [5.41, 5.74) is 2.02. The molecule has 0 aliphatic carbocycles. The molecule has 2 aromatic carbocycles. The summed E-state index contributed by atoms with van der Waals surface area (Å²) in [4.78, 5) is 0. The average Bonchev–Trinajstić information content (AvgIpc) is 2.39. The lowest BCUT2D eigenvalue weighted by atomic mass is 10.1. The van der Waals surface area contributed by atoms with Gasteiger partial charge in [0.05, 0.1) is 12.8 Å². The third-order valence-corrected chi connectivity index (χ3v) is 3.39. The van der Waals surface area contributed by atoms with Crippen molar-refractivity contribution in [1.29, 1.82) is 0 Å². The second kappa shape index (κ2) is 6.18. The van der Waals surface area contributed by atoms with Gasteiger partial charge in [0.2, 0.25) is 0 Å². The Kier molecular flexibility index (Phi) is 4.56. The van der Waals surface area contributed by atoms with Crippen molar-refractivity contribution in [2.45, 2.75) is 13.0 Å². The van der Waals surface area contributed by atoms with E-state index in [0.717, 1.165) is 22.0 Å². The standard InChI is InChI=1S/C15H15Cl2NO/c1-10(11-3-5-12(16)6-4-11)18-14-9-13(17)7-8-15(14)19-2/h3-10,18H,1-2H3. The predicted molar refractivity (Wildman–Crippen MR) is 81.5 cm³/mol. The molecule has 1 atom stereocenters. The molecule has 19 heavy (non-hydrogen) atoms. The average molecular weight is 296 g/mol. The first-order chi connectivity index (χ1) is 9.10. The van der Waals surface area contributed by atoms with Crippen LogP contribution < -0.4 is 10.1 Å². The highest BCUT2D eigenvalue weighted by Gasteiger charge is 2.09. The maximum atomic E-state index is 6.01. The summed E-state index contributed by atoms with van der Waals surface area (Å²) in [7, 11) is 1.64. The van der Waals surface area contributed by atoms with Gasteiger partial charge in [-0.15, -0.1) is 0 Å². The zero-order valence-corrected chi connectivity index (χ0v) is 12.3. The highest BCUT2D eigenvalue weighted by Crippen LogP contribution is 2.31. The van der Waals surface area contributed by atoms with Crippen molar-refractivity contribution in [3.8, 4) is 5.75 Å². The highest BCUT2D eigenvalue weighted by atomic mass is 35.5. The summed E-state index contributed by atoms with van der Waals surface area (Å²) < 4.78 is 5.31. The molecule has 1 unspecified atom stereocenters. The summed E-state index contributed by atoms with van der Waals surface area (Å²) in [6.45, 7) is 2.07. The van der Waals surface area contributed by atoms with Crippen LogP contribution in [0.3, 0.4) is 0 Å². The molecule has 0 bridgehead atoms. The highest BCUT2D eigenvalue weighted by molar-refractivity contribution is 6.31. The zero-order valence-electron chi connectivity index (χ0n) is 10.8. The monoisotopic (exact) mass is 295 g/mol. The van der Waals surface area contributed by atoms with E-state index in [0.29, 0.717) is 5.02 Å². The predicted octanol–water partition coefficient (Wildman–Crippen LogP) is 5.18. The molecule has 4 heteroatoms. The van der Waals surface area contributed by atoms with Crippen LogP contribution in [0, 0.1) is 0 Å². The van der Waals surface area contributed by atoms with Crippen molar-refractivity contribution in [2.24, 2.45) is 0 Å². The molecule has 0 fully saturated rings. The van der Waals surface area contributed by atoms with E-state index in [4.69, 9.17) is 27.9 Å². The number of hydrogen-bond donors (Lipinski definition) is 1. The van der Waals surface area contributed by atoms with E-state index < -0.39 is 0 Å². The Labute approximate surface area is 123 Å². The van der Waals surface area contributed by atoms with Gasteiger partial charge in [-0.1, -0.05) is 35.3 Å². The largest absolute Gasteiger partial charge is 0.495 e. The Hall–Kier alpha value is -1.38. The Morgan fingerprint density at radius 1 is 1.00 bits per heavy atom. The smallest absolute Gasteiger partial charge is 0.142 e. The van der Waals surface area contributed by atoms with Crippen LogP contribution in [0.25, 0.3) is 0 Å². The van der Waals surface area contributed by atoms with Crippen molar-refractivity contribution in [2.75, 3.05) is 12.4 Å². The fourth-order valence-corrected chi connectivity index (χ4v) is 2.16. The van der Waals surface area contributed by atoms with Gasteiger partial charge in [-0.3, -0.25) is 0 Å². The minimum absolute atomic E-state index is 0.129. The molecule has 0 aromatic heterocycles. The maximum Gasteiger partial charge on any atom is 0.142 e. The molecule has 2 rings (SSSR count). The van der Waals surface area contributed by atoms with Crippen LogP contribution in [0.2, 0.25) is 10.0 Å². The van der Waals surface area contributed by atoms with Crippen LogP contribution >= 0.6 is 23.2 Å². The van der Waals surface area contributed by atoms with Crippen molar-refractivity contribution in [3.05, 3.63) is 58.1 Å². The molecule has 0 spiro atoms. The fraction of sp³-hybridized carbons (Fsp3) is 0.200. The minimum atomic E-state index is 0.129. The number of halogens is 2. The number of nitrogens with one attached hydrogen (secondary N) is 1. The fourth-order valence-electron chi connectivity index (χ4n) is 1.86. The van der Waals surface area contributed by atoms with Gasteiger partial charge in [0.15, 0.2) is 0 Å². The van der Waals surface area contributed by atoms with E-state index in [-0.39, 0.29) is 6.04 Å². The van der Waals surface area contributed by atoms with Gasteiger partial charge in [0.1, 0.15) is 5.75 Å². The van der Waals surface area contributed by atoms with Crippen molar-refractivity contribution in [1.82, 2.24) is 0 Å². The lowest BCUT2D eigenvalue weighted by Crippen LogP contribution is -2.07. The van der Waals surface area contributed by atoms with Crippen LogP contribution in [-0.2, 0) is 0 Å². The Morgan fingerprint density at radius 3 is 2.26 bits per heavy atom. The van der Waals surface area contributed by atoms with E-state index in [1.165, 1.54) is 0 Å². The summed E-state index contributed by atoms with van der Waals surface area (Å²) >= 11 is 11.9. The van der Waals surface area contributed by atoms with E-state index in [1.807, 2.05) is 36.4 Å². The van der Waals surface area contributed by atoms with E-state index in [2.05, 4.69) is 12.2 Å². The van der Waals surface area contributed by atoms with Crippen LogP contribution in [-0.4, -0.2) is 7.11 Å². The molecule has 2 aromatic rings. The normalized spacial score (nSPS) is 12.0. The van der Waals surface area contributed by atoms with Crippen molar-refractivity contribution < 1.29 is 4.74 Å². The van der Waals surface area contributed by atoms with E-state index in [9.17, 15) is 0 Å². The summed E-state index contributed by atoms with van der Waals surface area (Å²) in [6.07, 6.45) is 0. The molecule has 0 saturated carbocycles. The van der Waals surface area contributed by atoms with E-state index in [1.54, 1.807) is 13.2 Å². The molecule has 1 N–H and O–H groups in total. The zero-order chi connectivity index (χ0) is 13.8. The van der Waals surface area contributed by atoms with Crippen LogP contribution in [0.5, 0.6) is 5.75 Å². The first kappa shape index (κ1) is 14.0. The first-order valence-corrected chi connectivity index (χ1v) is 6.71. The minimum Gasteiger partial charge on any atom is -0.495 e. The van der Waals surface area contributed by atoms with Crippen LogP contribution in [0.4, 0.5) is 5.69 Å². The number of anilines is 1. The summed E-state index contributed by atoms with van der Waals surface area (Å²) in [5, 5.41) is 4.79. The lowest BCUT2D eigenvalue weighted by Gasteiger charge is -2.18. The molecule has 0 aliphatic rings. The van der Waals surface area contributed by atoms with Gasteiger partial charge >= 0.3 is 0 Å². The van der Waals surface area contributed by atoms with Crippen molar-refractivity contribution >= 4 is 28.9 Å². The van der Waals surface area contributed by atoms with Gasteiger partial charge in [0, 0.05) is 16.1 Å². The van der Waals surface area contributed by atoms with Gasteiger partial charge in [-0.2, -0.15) is 0 Å². The second-order valence-corrected chi connectivity index (χ2v) is 5.14. The van der Waals surface area contributed by atoms with Crippen LogP contribution in [0.15, 0.2) is 42.5 Å². The number of hydrogen-bond acceptors (Lipinski definition) is 2. The van der Waals surface area contributed by atoms with Crippen LogP contribution in [0.1, 0.15) is 18.5 Å². The van der Waals surface area contributed by atoms with Crippen molar-refractivity contribution in [3.63, 3.8) is 0 Å². The lowest BCUT2D eigenvalue weighted by molar-refractivity contribution is 0.416. The van der Waals surface area contributed by atoms with Gasteiger partial charge in [-0.25, -0.2) is 0 Å². The maximum absolute atomic E-state index is 6.01. The van der Waals surface area contributed by atoms with Gasteiger partial charge < -0.3 is 10.1 Å². The molecule has 2 nitrogen and oxygen atoms in total. The third-order valence-electron chi connectivity index (χ3n) is 2.90. The molecule has 0 saturated heterocycles. The molecule has 0 heterocycles. The molecular formula is C15H15Cl2NO. The molecule has 0 aliphatic heterocycles. The second-order valence-electron chi connectivity index (χ2n) is 4.26. The summed E-state index contributed by atoms with van der Waals surface area (Å²) in [6, 6.07) is 13.4. The molecule has 0 radical (unpaired) electrons. The van der Waals surface area contributed by atoms with Gasteiger partial charge in [-0.05, 0) is 42.8 Å². The van der Waals surface area contributed by atoms with E-state index >= 15 is 0 Å². The van der Waals surface area contributed by atoms with Gasteiger partial charge in [0.25, 0.3) is 0 Å². The Bertz CT molecular complexity index is 555. The number of methoxy groups -OCH3 is 1. The Morgan fingerprint density at radius 2 is 1.63 bits per heavy atom. The topological polar surface area (TPSA) is 21.3 Å². The number of benzene rings is 2. The SMILES string of the molecule is COc1ccc(Cl)cc1NC(C)c1ccc(Cl)cc1. The summed E-state index contributed by atoms with van der Waals surface area (Å²) in [5.74, 6) is 0.769. The third kappa shape index (κ3) is 3.55. The molecule has 0 amide bonds. The number of ether oxygens (including phenoxy) is 1.